The second kappa shape index (κ2) is 10.7. The minimum Gasteiger partial charge on any atom is -0.375 e. The van der Waals surface area contributed by atoms with E-state index in [-0.39, 0.29) is 35.7 Å². The van der Waals surface area contributed by atoms with Crippen LogP contribution in [0.15, 0.2) is 35.5 Å². The zero-order valence-electron chi connectivity index (χ0n) is 21.4. The molecule has 0 aromatic rings. The molecule has 6 nitrogen and oxygen atoms in total. The van der Waals surface area contributed by atoms with Crippen LogP contribution in [0.1, 0.15) is 47.0 Å². The SMILES string of the molecule is COC1NC2NC=CC2CC1C(=O)N[C@@H](CN1CCC(C2C=CC(Cl)=CC2)C(C)(C)C1)C(C)C. The Morgan fingerprint density at radius 2 is 2.12 bits per heavy atom. The highest BCUT2D eigenvalue weighted by molar-refractivity contribution is 6.31. The molecule has 34 heavy (non-hydrogen) atoms. The molecule has 3 aliphatic heterocycles. The third-order valence-corrected chi connectivity index (χ3v) is 8.74. The summed E-state index contributed by atoms with van der Waals surface area (Å²) in [5.74, 6) is 1.78. The van der Waals surface area contributed by atoms with E-state index in [1.807, 2.05) is 6.20 Å². The van der Waals surface area contributed by atoms with Gasteiger partial charge in [-0.3, -0.25) is 10.1 Å². The third kappa shape index (κ3) is 5.72. The number of rotatable bonds is 7. The van der Waals surface area contributed by atoms with Gasteiger partial charge < -0.3 is 20.3 Å². The molecule has 0 saturated carbocycles. The number of nitrogens with one attached hydrogen (secondary N) is 3. The summed E-state index contributed by atoms with van der Waals surface area (Å²) in [6.07, 6.45) is 13.6. The number of ether oxygens (including phenoxy) is 1. The van der Waals surface area contributed by atoms with Crippen molar-refractivity contribution in [3.05, 3.63) is 35.5 Å². The Hall–Kier alpha value is -1.34. The predicted octanol–water partition coefficient (Wildman–Crippen LogP) is 3.82. The van der Waals surface area contributed by atoms with Gasteiger partial charge in [-0.25, -0.2) is 0 Å². The van der Waals surface area contributed by atoms with Gasteiger partial charge in [0.2, 0.25) is 5.91 Å². The minimum atomic E-state index is -0.276. The summed E-state index contributed by atoms with van der Waals surface area (Å²) in [5.41, 5.74) is 0.210. The molecule has 0 aromatic heterocycles. The lowest BCUT2D eigenvalue weighted by atomic mass is 9.66. The maximum absolute atomic E-state index is 13.4. The maximum Gasteiger partial charge on any atom is 0.227 e. The summed E-state index contributed by atoms with van der Waals surface area (Å²) < 4.78 is 5.66. The second-order valence-corrected chi connectivity index (χ2v) is 12.1. The van der Waals surface area contributed by atoms with E-state index in [9.17, 15) is 4.79 Å². The standard InChI is InChI=1S/C27H43ClN4O2/c1-17(2)23(30-25(33)21-14-19-10-12-29-24(19)31-26(21)34-5)15-32-13-11-22(27(3,4)16-32)18-6-8-20(28)9-7-18/h6,8-10,12,17-19,21-24,26,29,31H,7,11,13-16H2,1-5H3,(H,30,33)/t18?,19?,21?,22?,23-,24?,26?/m0/s1. The zero-order valence-corrected chi connectivity index (χ0v) is 22.1. The molecule has 7 atom stereocenters. The molecule has 0 aromatic carbocycles. The van der Waals surface area contributed by atoms with Crippen molar-refractivity contribution in [2.75, 3.05) is 26.7 Å². The molecular weight excluding hydrogens is 448 g/mol. The van der Waals surface area contributed by atoms with Crippen LogP contribution in [0.2, 0.25) is 0 Å². The molecule has 7 heteroatoms. The fourth-order valence-electron chi connectivity index (χ4n) is 6.43. The molecular formula is C27H43ClN4O2. The highest BCUT2D eigenvalue weighted by atomic mass is 35.5. The summed E-state index contributed by atoms with van der Waals surface area (Å²) >= 11 is 6.16. The van der Waals surface area contributed by atoms with Crippen molar-refractivity contribution in [2.45, 2.75) is 65.4 Å². The number of amides is 1. The van der Waals surface area contributed by atoms with Crippen LogP contribution in [0.3, 0.4) is 0 Å². The maximum atomic E-state index is 13.4. The number of halogens is 1. The topological polar surface area (TPSA) is 65.6 Å². The van der Waals surface area contributed by atoms with E-state index in [4.69, 9.17) is 16.3 Å². The van der Waals surface area contributed by atoms with Gasteiger partial charge in [0.15, 0.2) is 0 Å². The van der Waals surface area contributed by atoms with Crippen LogP contribution < -0.4 is 16.0 Å². The van der Waals surface area contributed by atoms with Crippen molar-refractivity contribution in [3.8, 4) is 0 Å². The van der Waals surface area contributed by atoms with Crippen molar-refractivity contribution in [1.29, 1.82) is 0 Å². The summed E-state index contributed by atoms with van der Waals surface area (Å²) in [7, 11) is 1.68. The first-order valence-corrected chi connectivity index (χ1v) is 13.3. The van der Waals surface area contributed by atoms with Crippen LogP contribution in [0, 0.1) is 35.0 Å². The highest BCUT2D eigenvalue weighted by Gasteiger charge is 2.43. The van der Waals surface area contributed by atoms with Gasteiger partial charge >= 0.3 is 0 Å². The van der Waals surface area contributed by atoms with Gasteiger partial charge in [0.1, 0.15) is 6.23 Å². The molecule has 4 rings (SSSR count). The van der Waals surface area contributed by atoms with Gasteiger partial charge in [-0.2, -0.15) is 0 Å². The van der Waals surface area contributed by atoms with E-state index < -0.39 is 0 Å². The molecule has 190 valence electrons. The number of hydrogen-bond donors (Lipinski definition) is 3. The van der Waals surface area contributed by atoms with E-state index in [1.165, 1.54) is 6.42 Å². The number of hydrogen-bond acceptors (Lipinski definition) is 5. The van der Waals surface area contributed by atoms with Crippen molar-refractivity contribution in [3.63, 3.8) is 0 Å². The van der Waals surface area contributed by atoms with Crippen molar-refractivity contribution in [1.82, 2.24) is 20.9 Å². The van der Waals surface area contributed by atoms with Gasteiger partial charge in [0.05, 0.1) is 12.1 Å². The van der Waals surface area contributed by atoms with Crippen molar-refractivity contribution >= 4 is 17.5 Å². The highest BCUT2D eigenvalue weighted by Crippen LogP contribution is 2.43. The Kier molecular flexibility index (Phi) is 8.13. The number of nitrogens with zero attached hydrogens (tertiary/aromatic N) is 1. The Balaban J connectivity index is 1.35. The molecule has 2 saturated heterocycles. The van der Waals surface area contributed by atoms with Crippen LogP contribution in [0.5, 0.6) is 0 Å². The average Bonchev–Trinajstić information content (AvgIpc) is 3.25. The second-order valence-electron chi connectivity index (χ2n) is 11.7. The molecule has 3 N–H and O–H groups in total. The lowest BCUT2D eigenvalue weighted by Gasteiger charge is -2.48. The minimum absolute atomic E-state index is 0.0990. The summed E-state index contributed by atoms with van der Waals surface area (Å²) in [5, 5.41) is 11.0. The smallest absolute Gasteiger partial charge is 0.227 e. The Labute approximate surface area is 210 Å². The zero-order chi connectivity index (χ0) is 24.5. The van der Waals surface area contributed by atoms with Gasteiger partial charge in [-0.1, -0.05) is 57.5 Å². The molecule has 0 spiro atoms. The number of methoxy groups -OCH3 is 1. The molecule has 0 bridgehead atoms. The van der Waals surface area contributed by atoms with Gasteiger partial charge in [-0.05, 0) is 61.3 Å². The number of carbonyl (C=O) groups excluding carboxylic acids is 1. The Morgan fingerprint density at radius 1 is 1.32 bits per heavy atom. The molecule has 0 radical (unpaired) electrons. The van der Waals surface area contributed by atoms with E-state index in [0.29, 0.717) is 23.7 Å². The number of likely N-dealkylation sites (tertiary alicyclic amines) is 1. The van der Waals surface area contributed by atoms with Gasteiger partial charge in [0.25, 0.3) is 0 Å². The van der Waals surface area contributed by atoms with Crippen LogP contribution in [0.4, 0.5) is 0 Å². The summed E-state index contributed by atoms with van der Waals surface area (Å²) in [4.78, 5) is 16.0. The molecule has 1 aliphatic carbocycles. The number of piperidine rings is 2. The van der Waals surface area contributed by atoms with E-state index >= 15 is 0 Å². The fraction of sp³-hybridized carbons (Fsp3) is 0.741. The monoisotopic (exact) mass is 490 g/mol. The van der Waals surface area contributed by atoms with E-state index in [1.54, 1.807) is 7.11 Å². The normalized spacial score (nSPS) is 36.0. The van der Waals surface area contributed by atoms with Gasteiger partial charge in [-0.15, -0.1) is 0 Å². The number of fused-ring (bicyclic) bond motifs is 1. The largest absolute Gasteiger partial charge is 0.375 e. The lowest BCUT2D eigenvalue weighted by Crippen LogP contribution is -2.60. The van der Waals surface area contributed by atoms with Crippen LogP contribution in [0.25, 0.3) is 0 Å². The summed E-state index contributed by atoms with van der Waals surface area (Å²) in [6.45, 7) is 12.2. The predicted molar refractivity (Wildman–Crippen MR) is 138 cm³/mol. The lowest BCUT2D eigenvalue weighted by molar-refractivity contribution is -0.135. The average molecular weight is 491 g/mol. The van der Waals surface area contributed by atoms with Crippen LogP contribution in [-0.4, -0.2) is 56.0 Å². The first-order chi connectivity index (χ1) is 16.2. The summed E-state index contributed by atoms with van der Waals surface area (Å²) in [6, 6.07) is 0.114. The fourth-order valence-corrected chi connectivity index (χ4v) is 6.59. The first-order valence-electron chi connectivity index (χ1n) is 13.0. The van der Waals surface area contributed by atoms with Crippen molar-refractivity contribution in [2.24, 2.45) is 35.0 Å². The molecule has 6 unspecified atom stereocenters. The quantitative estimate of drug-likeness (QED) is 0.506. The molecule has 2 fully saturated rings. The number of carbonyl (C=O) groups is 1. The Morgan fingerprint density at radius 3 is 2.76 bits per heavy atom. The van der Waals surface area contributed by atoms with Gasteiger partial charge in [0, 0.05) is 37.2 Å². The third-order valence-electron chi connectivity index (χ3n) is 8.46. The van der Waals surface area contributed by atoms with Crippen LogP contribution in [-0.2, 0) is 9.53 Å². The Bertz CT molecular complexity index is 823. The van der Waals surface area contributed by atoms with Crippen molar-refractivity contribution < 1.29 is 9.53 Å². The van der Waals surface area contributed by atoms with E-state index in [2.05, 4.69) is 72.8 Å². The first kappa shape index (κ1) is 25.7. The molecule has 4 aliphatic rings. The van der Waals surface area contributed by atoms with Crippen LogP contribution >= 0.6 is 11.6 Å². The molecule has 3 heterocycles. The van der Waals surface area contributed by atoms with E-state index in [0.717, 1.165) is 37.5 Å². The molecule has 1 amide bonds. The number of allylic oxidation sites excluding steroid dienone is 4.